The van der Waals surface area contributed by atoms with Crippen molar-refractivity contribution in [3.63, 3.8) is 0 Å². The van der Waals surface area contributed by atoms with E-state index in [9.17, 15) is 4.79 Å². The lowest BCUT2D eigenvalue weighted by Gasteiger charge is -2.21. The van der Waals surface area contributed by atoms with Crippen molar-refractivity contribution in [3.8, 4) is 0 Å². The minimum absolute atomic E-state index is 0.429. The number of methoxy groups -OCH3 is 1. The number of nitrogen functional groups attached to an aromatic ring is 1. The number of nitrogens with two attached hydrogens (primary N) is 2. The molecule has 1 rings (SSSR count). The minimum Gasteiger partial charge on any atom is -0.399 e. The maximum atomic E-state index is 11.3. The van der Waals surface area contributed by atoms with Crippen LogP contribution in [-0.2, 0) is 4.74 Å². The van der Waals surface area contributed by atoms with Gasteiger partial charge in [0.2, 0.25) is 0 Å². The van der Waals surface area contributed by atoms with Gasteiger partial charge in [-0.15, -0.1) is 0 Å². The third-order valence-electron chi connectivity index (χ3n) is 2.33. The van der Waals surface area contributed by atoms with Gasteiger partial charge in [0.1, 0.15) is 0 Å². The number of hydrogen-bond acceptors (Lipinski definition) is 4. The van der Waals surface area contributed by atoms with Gasteiger partial charge in [-0.2, -0.15) is 0 Å². The fraction of sp³-hybridized carbons (Fsp3) is 0.364. The second-order valence-corrected chi connectivity index (χ2v) is 3.56. The number of rotatable bonds is 5. The molecule has 0 aliphatic rings. The number of carbonyl (C=O) groups excluding carboxylic acids is 1. The summed E-state index contributed by atoms with van der Waals surface area (Å²) in [5.74, 6) is -0.480. The summed E-state index contributed by atoms with van der Waals surface area (Å²) in [6, 6.07) is 5.11. The molecule has 5 nitrogen and oxygen atoms in total. The lowest BCUT2D eigenvalue weighted by molar-refractivity contribution is 0.100. The zero-order valence-electron chi connectivity index (χ0n) is 9.56. The zero-order chi connectivity index (χ0) is 12.1. The average Bonchev–Trinajstić information content (AvgIpc) is 2.25. The molecule has 0 aromatic heterocycles. The van der Waals surface area contributed by atoms with Gasteiger partial charge in [-0.3, -0.25) is 4.79 Å². The molecule has 1 amide bonds. The molecule has 0 heterocycles. The Morgan fingerprint density at radius 1 is 1.50 bits per heavy atom. The smallest absolute Gasteiger partial charge is 0.250 e. The second kappa shape index (κ2) is 5.37. The molecule has 0 aliphatic heterocycles. The molecule has 0 atom stereocenters. The summed E-state index contributed by atoms with van der Waals surface area (Å²) in [5.41, 5.74) is 12.6. The Kier molecular flexibility index (Phi) is 4.13. The predicted molar refractivity (Wildman–Crippen MR) is 64.5 cm³/mol. The van der Waals surface area contributed by atoms with E-state index in [1.807, 2.05) is 11.9 Å². The Morgan fingerprint density at radius 2 is 2.19 bits per heavy atom. The van der Waals surface area contributed by atoms with E-state index in [-0.39, 0.29) is 0 Å². The number of likely N-dealkylation sites (N-methyl/N-ethyl adjacent to an activating group) is 1. The van der Waals surface area contributed by atoms with E-state index in [1.54, 1.807) is 25.3 Å². The monoisotopic (exact) mass is 223 g/mol. The molecule has 0 fully saturated rings. The maximum absolute atomic E-state index is 11.3. The first-order valence-electron chi connectivity index (χ1n) is 4.95. The Balaban J connectivity index is 2.98. The van der Waals surface area contributed by atoms with Crippen LogP contribution >= 0.6 is 0 Å². The van der Waals surface area contributed by atoms with Crippen LogP contribution in [0.5, 0.6) is 0 Å². The van der Waals surface area contributed by atoms with Crippen LogP contribution < -0.4 is 16.4 Å². The van der Waals surface area contributed by atoms with Crippen LogP contribution in [0.25, 0.3) is 0 Å². The molecular weight excluding hydrogens is 206 g/mol. The highest BCUT2D eigenvalue weighted by Gasteiger charge is 2.11. The highest BCUT2D eigenvalue weighted by Crippen LogP contribution is 2.21. The molecule has 0 radical (unpaired) electrons. The van der Waals surface area contributed by atoms with Crippen molar-refractivity contribution in [2.75, 3.05) is 37.9 Å². The fourth-order valence-electron chi connectivity index (χ4n) is 1.43. The molecule has 0 spiro atoms. The Labute approximate surface area is 95.0 Å². The lowest BCUT2D eigenvalue weighted by Crippen LogP contribution is -2.25. The van der Waals surface area contributed by atoms with Gasteiger partial charge >= 0.3 is 0 Å². The van der Waals surface area contributed by atoms with Crippen LogP contribution in [0.1, 0.15) is 10.4 Å². The molecule has 1 aromatic carbocycles. The first kappa shape index (κ1) is 12.3. The summed E-state index contributed by atoms with van der Waals surface area (Å²) in [7, 11) is 3.50. The van der Waals surface area contributed by atoms with Crippen molar-refractivity contribution < 1.29 is 9.53 Å². The largest absolute Gasteiger partial charge is 0.399 e. The van der Waals surface area contributed by atoms with Crippen molar-refractivity contribution in [2.24, 2.45) is 5.73 Å². The molecule has 88 valence electrons. The van der Waals surface area contributed by atoms with Gasteiger partial charge in [-0.25, -0.2) is 0 Å². The highest BCUT2D eigenvalue weighted by molar-refractivity contribution is 5.99. The van der Waals surface area contributed by atoms with Gasteiger partial charge in [0.05, 0.1) is 12.2 Å². The number of hydrogen-bond donors (Lipinski definition) is 2. The second-order valence-electron chi connectivity index (χ2n) is 3.56. The van der Waals surface area contributed by atoms with Gasteiger partial charge in [0, 0.05) is 32.1 Å². The van der Waals surface area contributed by atoms with E-state index in [0.29, 0.717) is 24.4 Å². The van der Waals surface area contributed by atoms with Crippen molar-refractivity contribution in [1.82, 2.24) is 0 Å². The summed E-state index contributed by atoms with van der Waals surface area (Å²) in [6.45, 7) is 1.26. The molecule has 5 heteroatoms. The standard InChI is InChI=1S/C11H17N3O2/c1-14(5-6-16-2)10-4-3-8(12)7-9(10)11(13)15/h3-4,7H,5-6,12H2,1-2H3,(H2,13,15). The van der Waals surface area contributed by atoms with Crippen molar-refractivity contribution in [1.29, 1.82) is 0 Å². The number of nitrogens with zero attached hydrogens (tertiary/aromatic N) is 1. The van der Waals surface area contributed by atoms with Crippen LogP contribution in [0.2, 0.25) is 0 Å². The van der Waals surface area contributed by atoms with Gasteiger partial charge in [-0.1, -0.05) is 0 Å². The number of ether oxygens (including phenoxy) is 1. The van der Waals surface area contributed by atoms with E-state index in [2.05, 4.69) is 0 Å². The number of amides is 1. The molecule has 16 heavy (non-hydrogen) atoms. The maximum Gasteiger partial charge on any atom is 0.250 e. The van der Waals surface area contributed by atoms with Gasteiger partial charge < -0.3 is 21.1 Å². The number of benzene rings is 1. The molecule has 0 bridgehead atoms. The SMILES string of the molecule is COCCN(C)c1ccc(N)cc1C(N)=O. The van der Waals surface area contributed by atoms with Crippen LogP contribution in [0.4, 0.5) is 11.4 Å². The van der Waals surface area contributed by atoms with Crippen LogP contribution in [-0.4, -0.2) is 33.2 Å². The third-order valence-corrected chi connectivity index (χ3v) is 2.33. The molecule has 1 aromatic rings. The van der Waals surface area contributed by atoms with Gasteiger partial charge in [0.15, 0.2) is 0 Å². The van der Waals surface area contributed by atoms with E-state index >= 15 is 0 Å². The Hall–Kier alpha value is -1.75. The molecule has 4 N–H and O–H groups in total. The van der Waals surface area contributed by atoms with Crippen LogP contribution in [0.15, 0.2) is 18.2 Å². The summed E-state index contributed by atoms with van der Waals surface area (Å²) in [5, 5.41) is 0. The summed E-state index contributed by atoms with van der Waals surface area (Å²) >= 11 is 0. The lowest BCUT2D eigenvalue weighted by atomic mass is 10.1. The summed E-state index contributed by atoms with van der Waals surface area (Å²) < 4.78 is 4.98. The van der Waals surface area contributed by atoms with Crippen molar-refractivity contribution >= 4 is 17.3 Å². The quantitative estimate of drug-likeness (QED) is 0.710. The highest BCUT2D eigenvalue weighted by atomic mass is 16.5. The zero-order valence-corrected chi connectivity index (χ0v) is 9.56. The van der Waals surface area contributed by atoms with Crippen molar-refractivity contribution in [2.45, 2.75) is 0 Å². The predicted octanol–water partition coefficient (Wildman–Crippen LogP) is 0.450. The number of carbonyl (C=O) groups is 1. The average molecular weight is 223 g/mol. The van der Waals surface area contributed by atoms with Crippen LogP contribution in [0, 0.1) is 0 Å². The summed E-state index contributed by atoms with van der Waals surface area (Å²) in [6.07, 6.45) is 0. The van der Waals surface area contributed by atoms with Gasteiger partial charge in [0.25, 0.3) is 5.91 Å². The number of primary amides is 1. The van der Waals surface area contributed by atoms with E-state index in [4.69, 9.17) is 16.2 Å². The van der Waals surface area contributed by atoms with E-state index < -0.39 is 5.91 Å². The topological polar surface area (TPSA) is 81.6 Å². The number of anilines is 2. The normalized spacial score (nSPS) is 10.1. The minimum atomic E-state index is -0.480. The first-order valence-corrected chi connectivity index (χ1v) is 4.95. The molecule has 0 saturated carbocycles. The van der Waals surface area contributed by atoms with Gasteiger partial charge in [-0.05, 0) is 18.2 Å². The molecule has 0 unspecified atom stereocenters. The molecule has 0 aliphatic carbocycles. The van der Waals surface area contributed by atoms with E-state index in [0.717, 1.165) is 5.69 Å². The summed E-state index contributed by atoms with van der Waals surface area (Å²) in [4.78, 5) is 13.2. The van der Waals surface area contributed by atoms with Crippen molar-refractivity contribution in [3.05, 3.63) is 23.8 Å². The molecule has 0 saturated heterocycles. The van der Waals surface area contributed by atoms with E-state index in [1.165, 1.54) is 0 Å². The fourth-order valence-corrected chi connectivity index (χ4v) is 1.43. The van der Waals surface area contributed by atoms with Crippen LogP contribution in [0.3, 0.4) is 0 Å². The first-order chi connectivity index (χ1) is 7.56. The Morgan fingerprint density at radius 3 is 2.75 bits per heavy atom. The Bertz CT molecular complexity index is 379. The third kappa shape index (κ3) is 2.87. The molecular formula is C11H17N3O2.